The number of hydrogen-bond acceptors (Lipinski definition) is 5. The molecule has 31 heavy (non-hydrogen) atoms. The average Bonchev–Trinajstić information content (AvgIpc) is 2.82. The van der Waals surface area contributed by atoms with Crippen LogP contribution in [0.2, 0.25) is 0 Å². The lowest BCUT2D eigenvalue weighted by atomic mass is 9.99. The van der Waals surface area contributed by atoms with E-state index in [4.69, 9.17) is 4.98 Å². The van der Waals surface area contributed by atoms with E-state index in [0.29, 0.717) is 12.1 Å². The number of hydrogen-bond donors (Lipinski definition) is 3. The van der Waals surface area contributed by atoms with Crippen LogP contribution in [-0.2, 0) is 0 Å². The summed E-state index contributed by atoms with van der Waals surface area (Å²) in [5.41, 5.74) is 5.06. The van der Waals surface area contributed by atoms with Gasteiger partial charge in [-0.15, -0.1) is 0 Å². The summed E-state index contributed by atoms with van der Waals surface area (Å²) in [5, 5.41) is 16.0. The van der Waals surface area contributed by atoms with Crippen LogP contribution in [0.25, 0.3) is 33.3 Å². The number of anilines is 1. The molecular weight excluding hydrogens is 390 g/mol. The zero-order valence-corrected chi connectivity index (χ0v) is 17.1. The number of carbonyl (C=O) groups excluding carboxylic acids is 1. The van der Waals surface area contributed by atoms with Crippen LogP contribution < -0.4 is 10.6 Å². The van der Waals surface area contributed by atoms with Crippen LogP contribution in [0.1, 0.15) is 13.3 Å². The van der Waals surface area contributed by atoms with E-state index in [2.05, 4.69) is 20.6 Å². The lowest BCUT2D eigenvalue weighted by Gasteiger charge is -2.13. The first kappa shape index (κ1) is 20.4. The molecule has 3 heterocycles. The fourth-order valence-corrected chi connectivity index (χ4v) is 3.25. The van der Waals surface area contributed by atoms with E-state index in [1.807, 2.05) is 55.5 Å². The minimum Gasteiger partial charge on any atom is -0.391 e. The maximum Gasteiger partial charge on any atom is 0.319 e. The summed E-state index contributed by atoms with van der Waals surface area (Å²) in [4.78, 5) is 25.5. The van der Waals surface area contributed by atoms with E-state index >= 15 is 0 Å². The highest BCUT2D eigenvalue weighted by atomic mass is 16.3. The van der Waals surface area contributed by atoms with Crippen LogP contribution in [-0.4, -0.2) is 38.7 Å². The van der Waals surface area contributed by atoms with Crippen molar-refractivity contribution in [2.75, 3.05) is 11.9 Å². The van der Waals surface area contributed by atoms with Gasteiger partial charge in [-0.25, -0.2) is 9.78 Å². The zero-order valence-electron chi connectivity index (χ0n) is 17.1. The molecule has 1 atom stereocenters. The number of nitrogens with one attached hydrogen (secondary N) is 2. The molecule has 0 radical (unpaired) electrons. The molecule has 0 bridgehead atoms. The number of aliphatic hydroxyl groups is 1. The summed E-state index contributed by atoms with van der Waals surface area (Å²) in [6, 6.07) is 15.0. The molecule has 2 amide bonds. The Bertz CT molecular complexity index is 1180. The van der Waals surface area contributed by atoms with Crippen LogP contribution in [0.5, 0.6) is 0 Å². The van der Waals surface area contributed by atoms with Crippen molar-refractivity contribution in [3.8, 4) is 22.4 Å². The van der Waals surface area contributed by atoms with E-state index in [1.165, 1.54) is 0 Å². The molecule has 1 unspecified atom stereocenters. The standard InChI is InChI=1S/C24H23N5O2/c1-2-20(30)15-27-24(31)28-19-7-8-22-18(11-19)12-21(16-5-3-9-25-13-16)23(29-22)17-6-4-10-26-14-17/h3-14,20,30H,2,15H2,1H3,(H2,27,28,31). The summed E-state index contributed by atoms with van der Waals surface area (Å²) >= 11 is 0. The van der Waals surface area contributed by atoms with Crippen molar-refractivity contribution in [2.45, 2.75) is 19.4 Å². The number of aromatic nitrogens is 3. The Morgan fingerprint density at radius 2 is 1.77 bits per heavy atom. The van der Waals surface area contributed by atoms with Gasteiger partial charge in [0.05, 0.1) is 17.3 Å². The number of fused-ring (bicyclic) bond motifs is 1. The predicted octanol–water partition coefficient (Wildman–Crippen LogP) is 4.25. The van der Waals surface area contributed by atoms with Gasteiger partial charge < -0.3 is 15.7 Å². The number of urea groups is 1. The molecule has 0 aliphatic heterocycles. The maximum atomic E-state index is 12.1. The SMILES string of the molecule is CCC(O)CNC(=O)Nc1ccc2nc(-c3cccnc3)c(-c3cccnc3)cc2c1. The topological polar surface area (TPSA) is 100 Å². The summed E-state index contributed by atoms with van der Waals surface area (Å²) in [5.74, 6) is 0. The number of benzene rings is 1. The number of aliphatic hydroxyl groups excluding tert-OH is 1. The van der Waals surface area contributed by atoms with Crippen molar-refractivity contribution in [1.29, 1.82) is 0 Å². The minimum atomic E-state index is -0.556. The third kappa shape index (κ3) is 4.84. The Balaban J connectivity index is 1.70. The van der Waals surface area contributed by atoms with Gasteiger partial charge in [0, 0.05) is 59.1 Å². The molecular formula is C24H23N5O2. The molecule has 0 saturated heterocycles. The summed E-state index contributed by atoms with van der Waals surface area (Å²) in [6.07, 6.45) is 7.09. The summed E-state index contributed by atoms with van der Waals surface area (Å²) in [7, 11) is 0. The Hall–Kier alpha value is -3.84. The van der Waals surface area contributed by atoms with Crippen molar-refractivity contribution >= 4 is 22.6 Å². The molecule has 4 rings (SSSR count). The van der Waals surface area contributed by atoms with Gasteiger partial charge in [-0.1, -0.05) is 13.0 Å². The monoisotopic (exact) mass is 413 g/mol. The Kier molecular flexibility index (Phi) is 6.14. The number of rotatable bonds is 6. The lowest BCUT2D eigenvalue weighted by Crippen LogP contribution is -2.34. The van der Waals surface area contributed by atoms with Crippen LogP contribution in [0.3, 0.4) is 0 Å². The number of nitrogens with zero attached hydrogens (tertiary/aromatic N) is 3. The number of amides is 2. The molecule has 0 saturated carbocycles. The second-order valence-electron chi connectivity index (χ2n) is 7.17. The second kappa shape index (κ2) is 9.32. The molecule has 0 aliphatic rings. The zero-order chi connectivity index (χ0) is 21.6. The first-order chi connectivity index (χ1) is 15.1. The Morgan fingerprint density at radius 1 is 1.03 bits per heavy atom. The van der Waals surface area contributed by atoms with Crippen LogP contribution >= 0.6 is 0 Å². The highest BCUT2D eigenvalue weighted by Gasteiger charge is 2.13. The fraction of sp³-hybridized carbons (Fsp3) is 0.167. The highest BCUT2D eigenvalue weighted by molar-refractivity contribution is 5.96. The van der Waals surface area contributed by atoms with E-state index in [-0.39, 0.29) is 12.6 Å². The molecule has 0 fully saturated rings. The van der Waals surface area contributed by atoms with Crippen LogP contribution in [0, 0.1) is 0 Å². The van der Waals surface area contributed by atoms with E-state index in [9.17, 15) is 9.90 Å². The minimum absolute atomic E-state index is 0.205. The van der Waals surface area contributed by atoms with E-state index in [0.717, 1.165) is 33.3 Å². The quantitative estimate of drug-likeness (QED) is 0.439. The largest absolute Gasteiger partial charge is 0.391 e. The highest BCUT2D eigenvalue weighted by Crippen LogP contribution is 2.33. The third-order valence-corrected chi connectivity index (χ3v) is 4.95. The molecule has 3 aromatic heterocycles. The lowest BCUT2D eigenvalue weighted by molar-refractivity contribution is 0.168. The van der Waals surface area contributed by atoms with E-state index in [1.54, 1.807) is 24.8 Å². The third-order valence-electron chi connectivity index (χ3n) is 4.95. The predicted molar refractivity (Wildman–Crippen MR) is 122 cm³/mol. The maximum absolute atomic E-state index is 12.1. The molecule has 3 N–H and O–H groups in total. The average molecular weight is 413 g/mol. The van der Waals surface area contributed by atoms with Crippen molar-refractivity contribution in [3.63, 3.8) is 0 Å². The molecule has 1 aromatic carbocycles. The Labute approximate surface area is 180 Å². The smallest absolute Gasteiger partial charge is 0.319 e. The van der Waals surface area contributed by atoms with Crippen LogP contribution in [0.15, 0.2) is 73.3 Å². The van der Waals surface area contributed by atoms with Crippen molar-refractivity contribution in [3.05, 3.63) is 73.3 Å². The van der Waals surface area contributed by atoms with Gasteiger partial charge in [0.15, 0.2) is 0 Å². The number of carbonyl (C=O) groups is 1. The van der Waals surface area contributed by atoms with Gasteiger partial charge in [0.2, 0.25) is 0 Å². The van der Waals surface area contributed by atoms with Crippen molar-refractivity contribution in [2.24, 2.45) is 0 Å². The van der Waals surface area contributed by atoms with Gasteiger partial charge in [-0.3, -0.25) is 9.97 Å². The van der Waals surface area contributed by atoms with Gasteiger partial charge in [0.25, 0.3) is 0 Å². The van der Waals surface area contributed by atoms with Gasteiger partial charge in [0.1, 0.15) is 0 Å². The van der Waals surface area contributed by atoms with Gasteiger partial charge in [-0.2, -0.15) is 0 Å². The second-order valence-corrected chi connectivity index (χ2v) is 7.17. The first-order valence-corrected chi connectivity index (χ1v) is 10.1. The molecule has 156 valence electrons. The summed E-state index contributed by atoms with van der Waals surface area (Å²) in [6.45, 7) is 2.07. The Morgan fingerprint density at radius 3 is 2.45 bits per heavy atom. The molecule has 7 nitrogen and oxygen atoms in total. The first-order valence-electron chi connectivity index (χ1n) is 10.1. The molecule has 0 spiro atoms. The van der Waals surface area contributed by atoms with Crippen molar-refractivity contribution < 1.29 is 9.90 Å². The van der Waals surface area contributed by atoms with Crippen molar-refractivity contribution in [1.82, 2.24) is 20.3 Å². The molecule has 4 aromatic rings. The van der Waals surface area contributed by atoms with Crippen LogP contribution in [0.4, 0.5) is 10.5 Å². The van der Waals surface area contributed by atoms with Gasteiger partial charge >= 0.3 is 6.03 Å². The normalized spacial score (nSPS) is 11.8. The van der Waals surface area contributed by atoms with Gasteiger partial charge in [-0.05, 0) is 48.9 Å². The molecule has 0 aliphatic carbocycles. The fourth-order valence-electron chi connectivity index (χ4n) is 3.25. The molecule has 7 heteroatoms. The van der Waals surface area contributed by atoms with E-state index < -0.39 is 6.10 Å². The summed E-state index contributed by atoms with van der Waals surface area (Å²) < 4.78 is 0. The number of pyridine rings is 3.